The molecule has 1 heterocycles. The van der Waals surface area contributed by atoms with Crippen molar-refractivity contribution in [2.24, 2.45) is 5.10 Å². The van der Waals surface area contributed by atoms with Crippen LogP contribution in [0, 0.1) is 20.8 Å². The molecule has 0 radical (unpaired) electrons. The van der Waals surface area contributed by atoms with Gasteiger partial charge in [-0.05, 0) is 66.0 Å². The number of ether oxygens (including phenoxy) is 1. The molecule has 116 valence electrons. The SMILES string of the molecule is Cc1ccc(OCC(=O)N/N=C\c2cc(Br)c(C)s2)cc1C. The highest BCUT2D eigenvalue weighted by Gasteiger charge is 2.03. The number of nitrogens with one attached hydrogen (secondary N) is 1. The Morgan fingerprint density at radius 1 is 1.32 bits per heavy atom. The monoisotopic (exact) mass is 380 g/mol. The third-order valence-corrected chi connectivity index (χ3v) is 5.18. The molecule has 2 rings (SSSR count). The summed E-state index contributed by atoms with van der Waals surface area (Å²) in [5, 5.41) is 3.92. The van der Waals surface area contributed by atoms with Crippen molar-refractivity contribution >= 4 is 39.4 Å². The molecule has 6 heteroatoms. The molecule has 0 atom stereocenters. The predicted molar refractivity (Wildman–Crippen MR) is 93.9 cm³/mol. The lowest BCUT2D eigenvalue weighted by Crippen LogP contribution is -2.24. The Kier molecular flexibility index (Phi) is 5.74. The standard InChI is InChI=1S/C16H17BrN2O2S/c1-10-4-5-13(6-11(10)2)21-9-16(20)19-18-8-14-7-15(17)12(3)22-14/h4-8H,9H2,1-3H3,(H,19,20)/b18-8-. The van der Waals surface area contributed by atoms with E-state index in [2.05, 4.69) is 26.5 Å². The number of thiophene rings is 1. The summed E-state index contributed by atoms with van der Waals surface area (Å²) in [6, 6.07) is 7.70. The van der Waals surface area contributed by atoms with Crippen molar-refractivity contribution in [2.75, 3.05) is 6.61 Å². The molecule has 0 saturated heterocycles. The second kappa shape index (κ2) is 7.56. The first-order chi connectivity index (χ1) is 10.5. The van der Waals surface area contributed by atoms with E-state index in [0.29, 0.717) is 5.75 Å². The van der Waals surface area contributed by atoms with Gasteiger partial charge in [-0.15, -0.1) is 11.3 Å². The number of nitrogens with zero attached hydrogens (tertiary/aromatic N) is 1. The van der Waals surface area contributed by atoms with Crippen molar-refractivity contribution in [2.45, 2.75) is 20.8 Å². The van der Waals surface area contributed by atoms with E-state index in [1.807, 2.05) is 45.0 Å². The van der Waals surface area contributed by atoms with Gasteiger partial charge < -0.3 is 4.74 Å². The summed E-state index contributed by atoms with van der Waals surface area (Å²) in [7, 11) is 0. The second-order valence-corrected chi connectivity index (χ2v) is 7.02. The second-order valence-electron chi connectivity index (χ2n) is 4.88. The minimum Gasteiger partial charge on any atom is -0.484 e. The van der Waals surface area contributed by atoms with E-state index in [1.54, 1.807) is 17.6 Å². The van der Waals surface area contributed by atoms with Gasteiger partial charge in [-0.25, -0.2) is 5.43 Å². The van der Waals surface area contributed by atoms with Crippen LogP contribution in [0.4, 0.5) is 0 Å². The van der Waals surface area contributed by atoms with E-state index in [4.69, 9.17) is 4.74 Å². The molecule has 0 fully saturated rings. The number of carbonyl (C=O) groups excluding carboxylic acids is 1. The van der Waals surface area contributed by atoms with Gasteiger partial charge in [0.15, 0.2) is 6.61 Å². The first-order valence-electron chi connectivity index (χ1n) is 6.73. The minimum absolute atomic E-state index is 0.0625. The fraction of sp³-hybridized carbons (Fsp3) is 0.250. The zero-order chi connectivity index (χ0) is 16.1. The molecule has 0 unspecified atom stereocenters. The van der Waals surface area contributed by atoms with Crippen LogP contribution in [0.1, 0.15) is 20.9 Å². The van der Waals surface area contributed by atoms with Crippen LogP contribution in [0.5, 0.6) is 5.75 Å². The molecule has 0 bridgehead atoms. The van der Waals surface area contributed by atoms with Crippen LogP contribution in [-0.2, 0) is 4.79 Å². The van der Waals surface area contributed by atoms with Gasteiger partial charge in [-0.1, -0.05) is 6.07 Å². The molecule has 0 aliphatic heterocycles. The number of benzene rings is 1. The van der Waals surface area contributed by atoms with E-state index >= 15 is 0 Å². The highest BCUT2D eigenvalue weighted by molar-refractivity contribution is 9.10. The van der Waals surface area contributed by atoms with E-state index in [-0.39, 0.29) is 12.5 Å². The van der Waals surface area contributed by atoms with Gasteiger partial charge in [0.25, 0.3) is 5.91 Å². The lowest BCUT2D eigenvalue weighted by molar-refractivity contribution is -0.123. The number of aryl methyl sites for hydroxylation is 3. The van der Waals surface area contributed by atoms with Gasteiger partial charge in [0.05, 0.1) is 6.21 Å². The van der Waals surface area contributed by atoms with Gasteiger partial charge in [0, 0.05) is 14.2 Å². The maximum absolute atomic E-state index is 11.7. The number of amides is 1. The van der Waals surface area contributed by atoms with Crippen molar-refractivity contribution in [3.63, 3.8) is 0 Å². The van der Waals surface area contributed by atoms with E-state index in [1.165, 1.54) is 10.4 Å². The molecule has 1 amide bonds. The summed E-state index contributed by atoms with van der Waals surface area (Å²) in [6.07, 6.45) is 1.62. The molecule has 22 heavy (non-hydrogen) atoms. The van der Waals surface area contributed by atoms with Crippen molar-refractivity contribution in [1.82, 2.24) is 5.43 Å². The maximum Gasteiger partial charge on any atom is 0.277 e. The minimum atomic E-state index is -0.290. The molecule has 1 N–H and O–H groups in total. The van der Waals surface area contributed by atoms with Crippen molar-refractivity contribution in [1.29, 1.82) is 0 Å². The fourth-order valence-electron chi connectivity index (χ4n) is 1.70. The highest BCUT2D eigenvalue weighted by atomic mass is 79.9. The predicted octanol–water partition coefficient (Wildman–Crippen LogP) is 3.96. The van der Waals surface area contributed by atoms with E-state index in [0.717, 1.165) is 14.9 Å². The van der Waals surface area contributed by atoms with E-state index < -0.39 is 0 Å². The Balaban J connectivity index is 1.81. The summed E-state index contributed by atoms with van der Waals surface area (Å²) >= 11 is 5.04. The Hall–Kier alpha value is -1.66. The van der Waals surface area contributed by atoms with Gasteiger partial charge in [0.1, 0.15) is 5.75 Å². The number of hydrogen-bond acceptors (Lipinski definition) is 4. The topological polar surface area (TPSA) is 50.7 Å². The number of halogens is 1. The average Bonchev–Trinajstić information content (AvgIpc) is 2.79. The van der Waals surface area contributed by atoms with Crippen LogP contribution in [0.2, 0.25) is 0 Å². The number of carbonyl (C=O) groups is 1. The summed E-state index contributed by atoms with van der Waals surface area (Å²) < 4.78 is 6.48. The summed E-state index contributed by atoms with van der Waals surface area (Å²) in [5.74, 6) is 0.391. The average molecular weight is 381 g/mol. The van der Waals surface area contributed by atoms with Gasteiger partial charge in [0.2, 0.25) is 0 Å². The molecule has 0 saturated carbocycles. The number of hydrazone groups is 1. The number of rotatable bonds is 5. The first-order valence-corrected chi connectivity index (χ1v) is 8.34. The van der Waals surface area contributed by atoms with Crippen LogP contribution in [0.15, 0.2) is 33.8 Å². The zero-order valence-electron chi connectivity index (χ0n) is 12.6. The quantitative estimate of drug-likeness (QED) is 0.630. The van der Waals surface area contributed by atoms with Crippen LogP contribution < -0.4 is 10.2 Å². The van der Waals surface area contributed by atoms with Crippen LogP contribution in [0.25, 0.3) is 0 Å². The number of hydrogen-bond donors (Lipinski definition) is 1. The molecular formula is C16H17BrN2O2S. The molecule has 0 aliphatic rings. The molecule has 1 aromatic heterocycles. The fourth-order valence-corrected chi connectivity index (χ4v) is 3.13. The smallest absolute Gasteiger partial charge is 0.277 e. The Morgan fingerprint density at radius 3 is 2.73 bits per heavy atom. The third kappa shape index (κ3) is 4.68. The van der Waals surface area contributed by atoms with Crippen molar-refractivity contribution < 1.29 is 9.53 Å². The maximum atomic E-state index is 11.7. The molecule has 4 nitrogen and oxygen atoms in total. The summed E-state index contributed by atoms with van der Waals surface area (Å²) in [4.78, 5) is 13.8. The first kappa shape index (κ1) is 16.7. The molecule has 2 aromatic rings. The lowest BCUT2D eigenvalue weighted by atomic mass is 10.1. The van der Waals surface area contributed by atoms with Crippen molar-refractivity contribution in [3.8, 4) is 5.75 Å². The Labute approximate surface area is 142 Å². The zero-order valence-corrected chi connectivity index (χ0v) is 15.0. The molecule has 0 aliphatic carbocycles. The van der Waals surface area contributed by atoms with Gasteiger partial charge in [-0.3, -0.25) is 4.79 Å². The van der Waals surface area contributed by atoms with Crippen LogP contribution in [0.3, 0.4) is 0 Å². The van der Waals surface area contributed by atoms with Crippen molar-refractivity contribution in [3.05, 3.63) is 49.6 Å². The van der Waals surface area contributed by atoms with Gasteiger partial charge >= 0.3 is 0 Å². The van der Waals surface area contributed by atoms with Gasteiger partial charge in [-0.2, -0.15) is 5.10 Å². The summed E-state index contributed by atoms with van der Waals surface area (Å²) in [5.41, 5.74) is 4.78. The Morgan fingerprint density at radius 2 is 2.09 bits per heavy atom. The molecule has 1 aromatic carbocycles. The van der Waals surface area contributed by atoms with Crippen LogP contribution in [-0.4, -0.2) is 18.7 Å². The summed E-state index contributed by atoms with van der Waals surface area (Å²) in [6.45, 7) is 5.99. The third-order valence-electron chi connectivity index (χ3n) is 3.11. The normalized spacial score (nSPS) is 10.9. The molecule has 0 spiro atoms. The van der Waals surface area contributed by atoms with E-state index in [9.17, 15) is 4.79 Å². The largest absolute Gasteiger partial charge is 0.484 e. The Bertz CT molecular complexity index is 691. The highest BCUT2D eigenvalue weighted by Crippen LogP contribution is 2.24. The molecular weight excluding hydrogens is 364 g/mol. The van der Waals surface area contributed by atoms with Crippen LogP contribution >= 0.6 is 27.3 Å². The lowest BCUT2D eigenvalue weighted by Gasteiger charge is -2.07.